The van der Waals surface area contributed by atoms with Crippen LogP contribution < -0.4 is 4.90 Å². The molecule has 1 N–H and O–H groups in total. The van der Waals surface area contributed by atoms with E-state index >= 15 is 0 Å². The Hall–Kier alpha value is -2.62. The molecule has 2 fully saturated rings. The SMILES string of the molecule is CN(C)S(=O)c1cc(-c2nc(N3CCOCC3)c3sc(CN4CCN(CC(F)(F)F)CC4)cc3n2)c2cc[nH]c2c1. The Labute approximate surface area is 242 Å². The van der Waals surface area contributed by atoms with Crippen LogP contribution in [0, 0.1) is 0 Å². The van der Waals surface area contributed by atoms with Gasteiger partial charge in [0.05, 0.1) is 34.9 Å². The lowest BCUT2D eigenvalue weighted by molar-refractivity contribution is -0.149. The Kier molecular flexibility index (Phi) is 8.04. The first kappa shape index (κ1) is 28.5. The van der Waals surface area contributed by atoms with E-state index in [-0.39, 0.29) is 0 Å². The zero-order valence-corrected chi connectivity index (χ0v) is 24.5. The van der Waals surface area contributed by atoms with Gasteiger partial charge in [-0.05, 0) is 38.4 Å². The number of hydrogen-bond acceptors (Lipinski definition) is 8. The standard InChI is InChI=1S/C27H32F3N7O2S2/c1-34(2)41(38)19-14-21(20-3-4-31-22(20)15-19)25-32-23-13-18(16-35-5-7-36(8-6-35)17-27(28,29)30)40-24(23)26(33-25)37-9-11-39-12-10-37/h3-4,13-15,31H,5-12,16-17H2,1-2H3. The summed E-state index contributed by atoms with van der Waals surface area (Å²) in [5.41, 5.74) is 2.49. The summed E-state index contributed by atoms with van der Waals surface area (Å²) in [5, 5.41) is 0.948. The molecule has 0 amide bonds. The highest BCUT2D eigenvalue weighted by atomic mass is 32.2. The van der Waals surface area contributed by atoms with Crippen LogP contribution in [0.4, 0.5) is 19.0 Å². The summed E-state index contributed by atoms with van der Waals surface area (Å²) in [7, 11) is 2.21. The number of hydrogen-bond donors (Lipinski definition) is 1. The number of thiophene rings is 1. The molecule has 3 aromatic heterocycles. The fraction of sp³-hybridized carbons (Fsp3) is 0.481. The topological polar surface area (TPSA) is 80.8 Å². The van der Waals surface area contributed by atoms with Gasteiger partial charge in [0.15, 0.2) is 11.6 Å². The summed E-state index contributed by atoms with van der Waals surface area (Å²) in [6, 6.07) is 7.86. The van der Waals surface area contributed by atoms with Crippen molar-refractivity contribution in [3.05, 3.63) is 35.3 Å². The van der Waals surface area contributed by atoms with Crippen molar-refractivity contribution in [3.8, 4) is 11.4 Å². The number of nitrogens with one attached hydrogen (secondary N) is 1. The van der Waals surface area contributed by atoms with Crippen molar-refractivity contribution < 1.29 is 22.1 Å². The number of benzene rings is 1. The number of aromatic nitrogens is 3. The van der Waals surface area contributed by atoms with E-state index in [2.05, 4.69) is 20.9 Å². The smallest absolute Gasteiger partial charge is 0.378 e. The third-order valence-electron chi connectivity index (χ3n) is 7.38. The Balaban J connectivity index is 1.36. The fourth-order valence-corrected chi connectivity index (χ4v) is 7.38. The number of morpholine rings is 1. The van der Waals surface area contributed by atoms with Crippen molar-refractivity contribution in [2.75, 3.05) is 78.0 Å². The predicted octanol–water partition coefficient (Wildman–Crippen LogP) is 3.94. The van der Waals surface area contributed by atoms with Crippen LogP contribution in [-0.4, -0.2) is 113 Å². The van der Waals surface area contributed by atoms with Gasteiger partial charge in [0, 0.05) is 73.4 Å². The second kappa shape index (κ2) is 11.6. The molecule has 0 saturated carbocycles. The number of nitrogens with zero attached hydrogens (tertiary/aromatic N) is 6. The quantitative estimate of drug-likeness (QED) is 0.341. The van der Waals surface area contributed by atoms with Crippen LogP contribution in [0.3, 0.4) is 0 Å². The van der Waals surface area contributed by atoms with Crippen molar-refractivity contribution >= 4 is 49.3 Å². The summed E-state index contributed by atoms with van der Waals surface area (Å²) >= 11 is 1.64. The molecule has 0 spiro atoms. The monoisotopic (exact) mass is 607 g/mol. The van der Waals surface area contributed by atoms with Crippen LogP contribution in [0.1, 0.15) is 4.88 Å². The lowest BCUT2D eigenvalue weighted by Crippen LogP contribution is -2.48. The molecule has 41 heavy (non-hydrogen) atoms. The largest absolute Gasteiger partial charge is 0.401 e. The maximum atomic E-state index is 13.0. The molecule has 1 unspecified atom stereocenters. The van der Waals surface area contributed by atoms with E-state index in [0.29, 0.717) is 69.7 Å². The van der Waals surface area contributed by atoms with Crippen LogP contribution in [0.25, 0.3) is 32.5 Å². The van der Waals surface area contributed by atoms with Crippen LogP contribution in [0.5, 0.6) is 0 Å². The molecule has 6 rings (SSSR count). The molecule has 2 aliphatic heterocycles. The van der Waals surface area contributed by atoms with Gasteiger partial charge in [-0.3, -0.25) is 9.80 Å². The highest BCUT2D eigenvalue weighted by molar-refractivity contribution is 7.82. The van der Waals surface area contributed by atoms with Gasteiger partial charge in [0.1, 0.15) is 11.0 Å². The van der Waals surface area contributed by atoms with E-state index in [1.807, 2.05) is 24.4 Å². The average molecular weight is 608 g/mol. The van der Waals surface area contributed by atoms with Gasteiger partial charge in [-0.1, -0.05) is 0 Å². The number of H-pyrrole nitrogens is 1. The Bertz CT molecular complexity index is 1560. The van der Waals surface area contributed by atoms with Crippen molar-refractivity contribution in [2.45, 2.75) is 17.6 Å². The van der Waals surface area contributed by atoms with E-state index in [0.717, 1.165) is 37.4 Å². The minimum Gasteiger partial charge on any atom is -0.378 e. The normalized spacial score (nSPS) is 18.6. The number of ether oxygens (including phenoxy) is 1. The van der Waals surface area contributed by atoms with Crippen LogP contribution in [0.15, 0.2) is 35.4 Å². The minimum atomic E-state index is -4.17. The molecular formula is C27H32F3N7O2S2. The van der Waals surface area contributed by atoms with Crippen LogP contribution >= 0.6 is 11.3 Å². The number of aromatic amines is 1. The Morgan fingerprint density at radius 1 is 1.05 bits per heavy atom. The summed E-state index contributed by atoms with van der Waals surface area (Å²) in [6.45, 7) is 4.39. The second-order valence-electron chi connectivity index (χ2n) is 10.5. The molecule has 0 radical (unpaired) electrons. The molecule has 1 atom stereocenters. The zero-order valence-electron chi connectivity index (χ0n) is 22.9. The van der Waals surface area contributed by atoms with Gasteiger partial charge in [0.25, 0.3) is 0 Å². The molecule has 14 heteroatoms. The number of alkyl halides is 3. The lowest BCUT2D eigenvalue weighted by Gasteiger charge is -2.34. The molecule has 2 aliphatic rings. The van der Waals surface area contributed by atoms with Crippen molar-refractivity contribution in [3.63, 3.8) is 0 Å². The van der Waals surface area contributed by atoms with Gasteiger partial charge in [-0.25, -0.2) is 18.5 Å². The van der Waals surface area contributed by atoms with Crippen LogP contribution in [0.2, 0.25) is 0 Å². The van der Waals surface area contributed by atoms with Gasteiger partial charge in [-0.15, -0.1) is 11.3 Å². The average Bonchev–Trinajstić information content (AvgIpc) is 3.59. The lowest BCUT2D eigenvalue weighted by atomic mass is 10.1. The Morgan fingerprint density at radius 2 is 1.78 bits per heavy atom. The minimum absolute atomic E-state index is 0.394. The van der Waals surface area contributed by atoms with Gasteiger partial charge in [-0.2, -0.15) is 13.2 Å². The van der Waals surface area contributed by atoms with Crippen molar-refractivity contribution in [1.29, 1.82) is 0 Å². The van der Waals surface area contributed by atoms with E-state index < -0.39 is 23.7 Å². The first-order chi connectivity index (χ1) is 19.6. The first-order valence-electron chi connectivity index (χ1n) is 13.5. The fourth-order valence-electron chi connectivity index (χ4n) is 5.37. The van der Waals surface area contributed by atoms with Gasteiger partial charge >= 0.3 is 6.18 Å². The van der Waals surface area contributed by atoms with E-state index in [9.17, 15) is 17.4 Å². The summed E-state index contributed by atoms with van der Waals surface area (Å²) in [4.78, 5) is 21.0. The molecular weight excluding hydrogens is 575 g/mol. The molecule has 220 valence electrons. The third kappa shape index (κ3) is 6.27. The molecule has 0 aliphatic carbocycles. The molecule has 9 nitrogen and oxygen atoms in total. The van der Waals surface area contributed by atoms with Gasteiger partial charge in [0.2, 0.25) is 0 Å². The highest BCUT2D eigenvalue weighted by Gasteiger charge is 2.32. The maximum absolute atomic E-state index is 13.0. The van der Waals surface area contributed by atoms with Crippen LogP contribution in [-0.2, 0) is 22.3 Å². The number of fused-ring (bicyclic) bond motifs is 2. The van der Waals surface area contributed by atoms with E-state index in [4.69, 9.17) is 14.7 Å². The predicted molar refractivity (Wildman–Crippen MR) is 156 cm³/mol. The first-order valence-corrected chi connectivity index (χ1v) is 15.4. The number of piperazine rings is 1. The molecule has 5 heterocycles. The van der Waals surface area contributed by atoms with E-state index in [1.165, 1.54) is 4.90 Å². The number of halogens is 3. The molecule has 2 saturated heterocycles. The third-order valence-corrected chi connectivity index (χ3v) is 9.79. The molecule has 0 bridgehead atoms. The zero-order chi connectivity index (χ0) is 28.7. The Morgan fingerprint density at radius 3 is 2.49 bits per heavy atom. The highest BCUT2D eigenvalue weighted by Crippen LogP contribution is 2.37. The van der Waals surface area contributed by atoms with Gasteiger partial charge < -0.3 is 14.6 Å². The number of anilines is 1. The van der Waals surface area contributed by atoms with Crippen molar-refractivity contribution in [1.82, 2.24) is 29.1 Å². The number of rotatable bonds is 7. The maximum Gasteiger partial charge on any atom is 0.401 e. The second-order valence-corrected chi connectivity index (χ2v) is 13.4. The summed E-state index contributed by atoms with van der Waals surface area (Å²) in [6.07, 6.45) is -2.32. The summed E-state index contributed by atoms with van der Waals surface area (Å²) in [5.74, 6) is 1.41. The van der Waals surface area contributed by atoms with Crippen molar-refractivity contribution in [2.24, 2.45) is 0 Å². The van der Waals surface area contributed by atoms with E-state index in [1.54, 1.807) is 29.7 Å². The molecule has 4 aromatic rings. The molecule has 1 aromatic carbocycles. The summed E-state index contributed by atoms with van der Waals surface area (Å²) < 4.78 is 59.7.